The van der Waals surface area contributed by atoms with Gasteiger partial charge in [0, 0.05) is 33.4 Å². The predicted molar refractivity (Wildman–Crippen MR) is 81.9 cm³/mol. The topological polar surface area (TPSA) is 41.6 Å². The van der Waals surface area contributed by atoms with Gasteiger partial charge in [-0.05, 0) is 49.1 Å². The lowest BCUT2D eigenvalue weighted by Crippen LogP contribution is -2.47. The molecule has 2 aliphatic rings. The zero-order valence-electron chi connectivity index (χ0n) is 13.0. The third kappa shape index (κ3) is 2.88. The molecule has 1 N–H and O–H groups in total. The average Bonchev–Trinajstić information content (AvgIpc) is 3.01. The van der Waals surface area contributed by atoms with Gasteiger partial charge < -0.3 is 15.0 Å². The molecule has 5 heteroatoms. The second-order valence-corrected chi connectivity index (χ2v) is 6.34. The molecule has 3 rings (SSSR count). The first-order valence-corrected chi connectivity index (χ1v) is 7.91. The summed E-state index contributed by atoms with van der Waals surface area (Å²) in [5, 5.41) is 3.32. The van der Waals surface area contributed by atoms with Crippen molar-refractivity contribution in [2.75, 3.05) is 33.4 Å². The van der Waals surface area contributed by atoms with E-state index in [0.29, 0.717) is 19.7 Å². The summed E-state index contributed by atoms with van der Waals surface area (Å²) in [7, 11) is 1.67. The standard InChI is InChI=1S/C17H23FN2O2/c1-22-9-6-17(5-7-19-12-17)16(21)20-8-4-13-10-15(18)3-2-14(13)11-20/h2-3,10,19H,4-9,11-12H2,1H3. The fraction of sp³-hybridized carbons (Fsp3) is 0.588. The van der Waals surface area contributed by atoms with Gasteiger partial charge in [-0.3, -0.25) is 4.79 Å². The molecule has 1 unspecified atom stereocenters. The normalized spacial score (nSPS) is 24.4. The maximum atomic E-state index is 13.3. The maximum absolute atomic E-state index is 13.3. The molecule has 0 saturated carbocycles. The predicted octanol–water partition coefficient (Wildman–Crippen LogP) is 1.73. The molecule has 2 aliphatic heterocycles. The van der Waals surface area contributed by atoms with Crippen molar-refractivity contribution in [2.45, 2.75) is 25.8 Å². The van der Waals surface area contributed by atoms with Gasteiger partial charge in [-0.15, -0.1) is 0 Å². The van der Waals surface area contributed by atoms with Crippen molar-refractivity contribution >= 4 is 5.91 Å². The number of carbonyl (C=O) groups excluding carboxylic acids is 1. The maximum Gasteiger partial charge on any atom is 0.230 e. The Morgan fingerprint density at radius 2 is 2.32 bits per heavy atom. The summed E-state index contributed by atoms with van der Waals surface area (Å²) in [4.78, 5) is 15.0. The van der Waals surface area contributed by atoms with Gasteiger partial charge in [-0.25, -0.2) is 4.39 Å². The third-order valence-corrected chi connectivity index (χ3v) is 4.95. The number of amides is 1. The Balaban J connectivity index is 1.76. The van der Waals surface area contributed by atoms with E-state index >= 15 is 0 Å². The van der Waals surface area contributed by atoms with Gasteiger partial charge in [0.15, 0.2) is 0 Å². The summed E-state index contributed by atoms with van der Waals surface area (Å²) in [6, 6.07) is 4.87. The van der Waals surface area contributed by atoms with Crippen molar-refractivity contribution in [1.29, 1.82) is 0 Å². The molecule has 22 heavy (non-hydrogen) atoms. The number of hydrogen-bond acceptors (Lipinski definition) is 3. The monoisotopic (exact) mass is 306 g/mol. The number of hydrogen-bond donors (Lipinski definition) is 1. The number of rotatable bonds is 4. The lowest BCUT2D eigenvalue weighted by molar-refractivity contribution is -0.143. The van der Waals surface area contributed by atoms with E-state index in [1.165, 1.54) is 6.07 Å². The van der Waals surface area contributed by atoms with E-state index in [1.807, 2.05) is 4.90 Å². The van der Waals surface area contributed by atoms with Gasteiger partial charge in [0.1, 0.15) is 5.82 Å². The van der Waals surface area contributed by atoms with Crippen LogP contribution < -0.4 is 5.32 Å². The molecule has 4 nitrogen and oxygen atoms in total. The zero-order valence-corrected chi connectivity index (χ0v) is 13.0. The largest absolute Gasteiger partial charge is 0.385 e. The Hall–Kier alpha value is -1.46. The van der Waals surface area contributed by atoms with Crippen LogP contribution in [0, 0.1) is 11.2 Å². The van der Waals surface area contributed by atoms with E-state index < -0.39 is 0 Å². The van der Waals surface area contributed by atoms with E-state index in [4.69, 9.17) is 4.74 Å². The van der Waals surface area contributed by atoms with Crippen LogP contribution in [0.15, 0.2) is 18.2 Å². The Kier molecular flexibility index (Phi) is 4.45. The molecule has 1 saturated heterocycles. The Bertz CT molecular complexity index is 556. The van der Waals surface area contributed by atoms with E-state index in [-0.39, 0.29) is 17.1 Å². The number of methoxy groups -OCH3 is 1. The van der Waals surface area contributed by atoms with Crippen LogP contribution in [0.2, 0.25) is 0 Å². The van der Waals surface area contributed by atoms with Crippen molar-refractivity contribution < 1.29 is 13.9 Å². The van der Waals surface area contributed by atoms with Crippen LogP contribution in [0.1, 0.15) is 24.0 Å². The lowest BCUT2D eigenvalue weighted by Gasteiger charge is -2.36. The van der Waals surface area contributed by atoms with Crippen LogP contribution in [0.3, 0.4) is 0 Å². The lowest BCUT2D eigenvalue weighted by atomic mass is 9.81. The molecule has 1 aromatic rings. The molecule has 0 radical (unpaired) electrons. The molecular weight excluding hydrogens is 283 g/mol. The third-order valence-electron chi connectivity index (χ3n) is 4.95. The second kappa shape index (κ2) is 6.34. The first kappa shape index (κ1) is 15.4. The van der Waals surface area contributed by atoms with Crippen LogP contribution in [-0.2, 0) is 22.5 Å². The van der Waals surface area contributed by atoms with Gasteiger partial charge in [-0.2, -0.15) is 0 Å². The van der Waals surface area contributed by atoms with Crippen LogP contribution in [0.5, 0.6) is 0 Å². The molecular formula is C17H23FN2O2. The highest BCUT2D eigenvalue weighted by Crippen LogP contribution is 2.34. The Labute approximate surface area is 130 Å². The summed E-state index contributed by atoms with van der Waals surface area (Å²) in [5.74, 6) is 0.0135. The number of carbonyl (C=O) groups is 1. The minimum Gasteiger partial charge on any atom is -0.385 e. The SMILES string of the molecule is COCCC1(C(=O)N2CCc3cc(F)ccc3C2)CCNC1. The van der Waals surface area contributed by atoms with Gasteiger partial charge >= 0.3 is 0 Å². The van der Waals surface area contributed by atoms with Gasteiger partial charge in [0.25, 0.3) is 0 Å². The van der Waals surface area contributed by atoms with Gasteiger partial charge in [0.2, 0.25) is 5.91 Å². The minimum atomic E-state index is -0.340. The number of ether oxygens (including phenoxy) is 1. The van der Waals surface area contributed by atoms with Crippen LogP contribution in [0.4, 0.5) is 4.39 Å². The number of benzene rings is 1. The molecule has 0 spiro atoms. The summed E-state index contributed by atoms with van der Waals surface area (Å²) in [6.07, 6.45) is 2.34. The molecule has 1 aromatic carbocycles. The van der Waals surface area contributed by atoms with Crippen molar-refractivity contribution in [3.63, 3.8) is 0 Å². The molecule has 120 valence electrons. The highest BCUT2D eigenvalue weighted by molar-refractivity contribution is 5.83. The molecule has 2 heterocycles. The van der Waals surface area contributed by atoms with Gasteiger partial charge in [0.05, 0.1) is 5.41 Å². The van der Waals surface area contributed by atoms with E-state index in [2.05, 4.69) is 5.32 Å². The first-order chi connectivity index (χ1) is 10.6. The molecule has 1 atom stereocenters. The fourth-order valence-electron chi connectivity index (χ4n) is 3.57. The molecule has 1 amide bonds. The molecule has 1 fully saturated rings. The van der Waals surface area contributed by atoms with E-state index in [1.54, 1.807) is 19.2 Å². The van der Waals surface area contributed by atoms with Crippen molar-refractivity contribution in [3.05, 3.63) is 35.1 Å². The quantitative estimate of drug-likeness (QED) is 0.921. The van der Waals surface area contributed by atoms with Crippen molar-refractivity contribution in [3.8, 4) is 0 Å². The van der Waals surface area contributed by atoms with Crippen molar-refractivity contribution in [1.82, 2.24) is 10.2 Å². The summed E-state index contributed by atoms with van der Waals surface area (Å²) in [5.41, 5.74) is 1.75. The Morgan fingerprint density at radius 3 is 3.05 bits per heavy atom. The zero-order chi connectivity index (χ0) is 15.6. The fourth-order valence-corrected chi connectivity index (χ4v) is 3.57. The van der Waals surface area contributed by atoms with Crippen LogP contribution in [0.25, 0.3) is 0 Å². The highest BCUT2D eigenvalue weighted by atomic mass is 19.1. The van der Waals surface area contributed by atoms with E-state index in [0.717, 1.165) is 43.5 Å². The summed E-state index contributed by atoms with van der Waals surface area (Å²) in [6.45, 7) is 3.46. The molecule has 0 aromatic heterocycles. The smallest absolute Gasteiger partial charge is 0.230 e. The van der Waals surface area contributed by atoms with Crippen LogP contribution >= 0.6 is 0 Å². The minimum absolute atomic E-state index is 0.199. The number of halogens is 1. The van der Waals surface area contributed by atoms with Crippen molar-refractivity contribution in [2.24, 2.45) is 5.41 Å². The summed E-state index contributed by atoms with van der Waals surface area (Å²) >= 11 is 0. The van der Waals surface area contributed by atoms with E-state index in [9.17, 15) is 9.18 Å². The number of nitrogens with zero attached hydrogens (tertiary/aromatic N) is 1. The molecule has 0 bridgehead atoms. The molecule has 0 aliphatic carbocycles. The summed E-state index contributed by atoms with van der Waals surface area (Å²) < 4.78 is 18.5. The first-order valence-electron chi connectivity index (χ1n) is 7.91. The number of nitrogens with one attached hydrogen (secondary N) is 1. The number of fused-ring (bicyclic) bond motifs is 1. The Morgan fingerprint density at radius 1 is 1.45 bits per heavy atom. The van der Waals surface area contributed by atoms with Crippen LogP contribution in [-0.4, -0.2) is 44.2 Å². The van der Waals surface area contributed by atoms with Gasteiger partial charge in [-0.1, -0.05) is 6.07 Å². The average molecular weight is 306 g/mol. The second-order valence-electron chi connectivity index (χ2n) is 6.34. The highest BCUT2D eigenvalue weighted by Gasteiger charge is 2.43.